The predicted octanol–water partition coefficient (Wildman–Crippen LogP) is 3.19. The van der Waals surface area contributed by atoms with Crippen LogP contribution in [0.1, 0.15) is 64.1 Å². The van der Waals surface area contributed by atoms with Crippen LogP contribution in [0.4, 0.5) is 5.82 Å². The van der Waals surface area contributed by atoms with Crippen LogP contribution >= 0.6 is 0 Å². The molecule has 2 heterocycles. The molecular weight excluding hydrogens is 288 g/mol. The lowest BCUT2D eigenvalue weighted by molar-refractivity contribution is -0.136. The monoisotopic (exact) mass is 316 g/mol. The van der Waals surface area contributed by atoms with Crippen molar-refractivity contribution in [3.05, 3.63) is 18.1 Å². The molecule has 0 atom stereocenters. The van der Waals surface area contributed by atoms with E-state index in [0.29, 0.717) is 17.9 Å². The second-order valence-corrected chi connectivity index (χ2v) is 6.83. The molecule has 1 aliphatic carbocycles. The van der Waals surface area contributed by atoms with E-state index in [0.717, 1.165) is 50.4 Å². The smallest absolute Gasteiger partial charge is 0.225 e. The Balaban J connectivity index is 1.51. The van der Waals surface area contributed by atoms with Crippen molar-refractivity contribution in [2.24, 2.45) is 5.92 Å². The number of anilines is 1. The molecular formula is C18H28N4O. The summed E-state index contributed by atoms with van der Waals surface area (Å²) in [5.74, 6) is 3.04. The van der Waals surface area contributed by atoms with Crippen molar-refractivity contribution in [1.82, 2.24) is 14.9 Å². The molecule has 3 rings (SSSR count). The Bertz CT molecular complexity index is 532. The molecule has 5 heteroatoms. The Labute approximate surface area is 138 Å². The van der Waals surface area contributed by atoms with Crippen LogP contribution in [0.5, 0.6) is 0 Å². The summed E-state index contributed by atoms with van der Waals surface area (Å²) in [6.45, 7) is 5.92. The minimum atomic E-state index is 0.197. The van der Waals surface area contributed by atoms with Gasteiger partial charge >= 0.3 is 0 Å². The van der Waals surface area contributed by atoms with Gasteiger partial charge in [0.15, 0.2) is 0 Å². The first-order valence-corrected chi connectivity index (χ1v) is 9.09. The number of amides is 1. The second kappa shape index (κ2) is 7.28. The first-order chi connectivity index (χ1) is 11.2. The minimum Gasteiger partial charge on any atom is -0.367 e. The molecule has 1 aliphatic heterocycles. The number of carbonyl (C=O) groups is 1. The molecule has 2 aliphatic rings. The zero-order valence-electron chi connectivity index (χ0n) is 14.3. The maximum absolute atomic E-state index is 12.4. The molecule has 1 aromatic heterocycles. The molecule has 2 fully saturated rings. The van der Waals surface area contributed by atoms with Crippen LogP contribution in [0.15, 0.2) is 12.3 Å². The average molecular weight is 316 g/mol. The van der Waals surface area contributed by atoms with Gasteiger partial charge in [-0.15, -0.1) is 0 Å². The van der Waals surface area contributed by atoms with Crippen molar-refractivity contribution in [2.75, 3.05) is 18.4 Å². The highest BCUT2D eigenvalue weighted by molar-refractivity contribution is 5.78. The summed E-state index contributed by atoms with van der Waals surface area (Å²) < 4.78 is 0. The van der Waals surface area contributed by atoms with Crippen LogP contribution in [0.2, 0.25) is 0 Å². The van der Waals surface area contributed by atoms with E-state index in [1.54, 1.807) is 0 Å². The summed E-state index contributed by atoms with van der Waals surface area (Å²) in [6.07, 6.45) is 8.18. The van der Waals surface area contributed by atoms with Gasteiger partial charge in [-0.2, -0.15) is 0 Å². The Morgan fingerprint density at radius 3 is 2.57 bits per heavy atom. The summed E-state index contributed by atoms with van der Waals surface area (Å²) in [5, 5.41) is 3.53. The van der Waals surface area contributed by atoms with Crippen LogP contribution < -0.4 is 5.32 Å². The molecule has 0 bridgehead atoms. The van der Waals surface area contributed by atoms with E-state index in [1.165, 1.54) is 12.8 Å². The third-order valence-electron chi connectivity index (χ3n) is 5.11. The average Bonchev–Trinajstić information content (AvgIpc) is 3.42. The van der Waals surface area contributed by atoms with Crippen molar-refractivity contribution in [2.45, 2.75) is 64.3 Å². The van der Waals surface area contributed by atoms with Gasteiger partial charge in [0.1, 0.15) is 11.6 Å². The van der Waals surface area contributed by atoms with Crippen LogP contribution in [0.25, 0.3) is 0 Å². The maximum atomic E-state index is 12.4. The molecule has 1 saturated heterocycles. The van der Waals surface area contributed by atoms with Crippen molar-refractivity contribution in [3.8, 4) is 0 Å². The summed E-state index contributed by atoms with van der Waals surface area (Å²) in [5.41, 5.74) is 0. The molecule has 0 aromatic carbocycles. The summed E-state index contributed by atoms with van der Waals surface area (Å²) in [7, 11) is 0. The largest absolute Gasteiger partial charge is 0.367 e. The van der Waals surface area contributed by atoms with Crippen LogP contribution in [-0.4, -0.2) is 39.9 Å². The molecule has 1 aromatic rings. The summed E-state index contributed by atoms with van der Waals surface area (Å²) >= 11 is 0. The minimum absolute atomic E-state index is 0.197. The third kappa shape index (κ3) is 4.01. The number of rotatable bonds is 6. The normalized spacial score (nSPS) is 19.2. The molecule has 0 unspecified atom stereocenters. The van der Waals surface area contributed by atoms with E-state index in [1.807, 2.05) is 17.2 Å². The lowest BCUT2D eigenvalue weighted by atomic mass is 9.98. The highest BCUT2D eigenvalue weighted by atomic mass is 16.2. The second-order valence-electron chi connectivity index (χ2n) is 6.83. The number of aromatic nitrogens is 2. The molecule has 0 spiro atoms. The van der Waals surface area contributed by atoms with Gasteiger partial charge in [0, 0.05) is 37.2 Å². The van der Waals surface area contributed by atoms with Gasteiger partial charge in [-0.1, -0.05) is 13.8 Å². The zero-order valence-corrected chi connectivity index (χ0v) is 14.3. The number of hydrogen-bond donors (Lipinski definition) is 1. The first kappa shape index (κ1) is 16.2. The van der Waals surface area contributed by atoms with E-state index in [-0.39, 0.29) is 5.92 Å². The Kier molecular flexibility index (Phi) is 5.13. The zero-order chi connectivity index (χ0) is 16.2. The Morgan fingerprint density at radius 1 is 1.26 bits per heavy atom. The third-order valence-corrected chi connectivity index (χ3v) is 5.11. The van der Waals surface area contributed by atoms with Crippen molar-refractivity contribution >= 4 is 11.7 Å². The highest BCUT2D eigenvalue weighted by Gasteiger charge is 2.28. The van der Waals surface area contributed by atoms with Gasteiger partial charge in [-0.3, -0.25) is 4.79 Å². The van der Waals surface area contributed by atoms with Crippen molar-refractivity contribution in [1.29, 1.82) is 0 Å². The predicted molar refractivity (Wildman–Crippen MR) is 91.3 cm³/mol. The van der Waals surface area contributed by atoms with Gasteiger partial charge in [-0.25, -0.2) is 9.97 Å². The van der Waals surface area contributed by atoms with E-state index in [4.69, 9.17) is 0 Å². The van der Waals surface area contributed by atoms with Gasteiger partial charge in [0.25, 0.3) is 0 Å². The lowest BCUT2D eigenvalue weighted by Gasteiger charge is -2.34. The number of likely N-dealkylation sites (tertiary alicyclic amines) is 1. The fraction of sp³-hybridized carbons (Fsp3) is 0.722. The van der Waals surface area contributed by atoms with E-state index in [2.05, 4.69) is 29.1 Å². The van der Waals surface area contributed by atoms with Crippen LogP contribution in [0.3, 0.4) is 0 Å². The highest BCUT2D eigenvalue weighted by Crippen LogP contribution is 2.38. The molecule has 1 saturated carbocycles. The van der Waals surface area contributed by atoms with Crippen molar-refractivity contribution < 1.29 is 4.79 Å². The van der Waals surface area contributed by atoms with E-state index in [9.17, 15) is 4.79 Å². The van der Waals surface area contributed by atoms with E-state index < -0.39 is 0 Å². The lowest BCUT2D eigenvalue weighted by Crippen LogP contribution is -2.44. The fourth-order valence-electron chi connectivity index (χ4n) is 3.34. The summed E-state index contributed by atoms with van der Waals surface area (Å²) in [4.78, 5) is 23.5. The van der Waals surface area contributed by atoms with E-state index >= 15 is 0 Å². The van der Waals surface area contributed by atoms with Gasteiger partial charge in [0.2, 0.25) is 5.91 Å². The number of piperidine rings is 1. The molecule has 0 radical (unpaired) electrons. The summed E-state index contributed by atoms with van der Waals surface area (Å²) in [6, 6.07) is 2.36. The van der Waals surface area contributed by atoms with Crippen LogP contribution in [0, 0.1) is 5.92 Å². The van der Waals surface area contributed by atoms with Gasteiger partial charge < -0.3 is 10.2 Å². The molecule has 23 heavy (non-hydrogen) atoms. The SMILES string of the molecule is CCC(CC)C(=O)N1CCC(Nc2ccnc(C3CC3)n2)CC1. The van der Waals surface area contributed by atoms with Crippen molar-refractivity contribution in [3.63, 3.8) is 0 Å². The molecule has 5 nitrogen and oxygen atoms in total. The van der Waals surface area contributed by atoms with Gasteiger partial charge in [0.05, 0.1) is 0 Å². The number of nitrogens with one attached hydrogen (secondary N) is 1. The standard InChI is InChI=1S/C18H28N4O/c1-3-13(4-2)18(23)22-11-8-15(9-12-22)20-16-7-10-19-17(21-16)14-5-6-14/h7,10,13-15H,3-6,8-9,11-12H2,1-2H3,(H,19,20,21). The number of hydrogen-bond acceptors (Lipinski definition) is 4. The molecule has 1 amide bonds. The van der Waals surface area contributed by atoms with Crippen LogP contribution in [-0.2, 0) is 4.79 Å². The number of carbonyl (C=O) groups excluding carboxylic acids is 1. The van der Waals surface area contributed by atoms with Gasteiger partial charge in [-0.05, 0) is 44.6 Å². The Morgan fingerprint density at radius 2 is 1.96 bits per heavy atom. The fourth-order valence-corrected chi connectivity index (χ4v) is 3.34. The first-order valence-electron chi connectivity index (χ1n) is 9.09. The quantitative estimate of drug-likeness (QED) is 0.875. The maximum Gasteiger partial charge on any atom is 0.225 e. The molecule has 126 valence electrons. The molecule has 1 N–H and O–H groups in total. The number of nitrogens with zero attached hydrogens (tertiary/aromatic N) is 3. The Hall–Kier alpha value is -1.65. The topological polar surface area (TPSA) is 58.1 Å².